The largest absolute Gasteiger partial charge is 0.421 e. The molecule has 1 aliphatic rings. The molecule has 3 aromatic heterocycles. The van der Waals surface area contributed by atoms with Crippen molar-refractivity contribution in [1.29, 1.82) is 5.26 Å². The third-order valence-electron chi connectivity index (χ3n) is 5.69. The number of nitriles is 1. The second-order valence-corrected chi connectivity index (χ2v) is 7.74. The van der Waals surface area contributed by atoms with Crippen LogP contribution < -0.4 is 0 Å². The smallest absolute Gasteiger partial charge is 0.314 e. The maximum absolute atomic E-state index is 12.9. The summed E-state index contributed by atoms with van der Waals surface area (Å²) in [7, 11) is 1.77. The highest BCUT2D eigenvalue weighted by Gasteiger charge is 2.29. The molecule has 3 aromatic rings. The highest BCUT2D eigenvalue weighted by molar-refractivity contribution is 5.91. The summed E-state index contributed by atoms with van der Waals surface area (Å²) >= 11 is 0. The summed E-state index contributed by atoms with van der Waals surface area (Å²) in [6.45, 7) is 3.78. The van der Waals surface area contributed by atoms with Gasteiger partial charge in [0.15, 0.2) is 11.5 Å². The van der Waals surface area contributed by atoms with Crippen LogP contribution in [0.2, 0.25) is 0 Å². The normalized spacial score (nSPS) is 14.9. The van der Waals surface area contributed by atoms with Gasteiger partial charge in [-0.3, -0.25) is 14.5 Å². The number of allylic oxidation sites excluding steroid dienone is 1. The molecule has 0 amide bonds. The fourth-order valence-electron chi connectivity index (χ4n) is 3.94. The zero-order valence-electron chi connectivity index (χ0n) is 17.9. The molecular formula is C23H24N6O2. The Hall–Kier alpha value is -3.73. The number of carbonyl (C=O) groups excluding carboxylic acids is 1. The minimum Gasteiger partial charge on any atom is -0.421 e. The second kappa shape index (κ2) is 8.56. The average molecular weight is 416 g/mol. The van der Waals surface area contributed by atoms with E-state index in [1.54, 1.807) is 30.2 Å². The third kappa shape index (κ3) is 3.99. The van der Waals surface area contributed by atoms with Crippen molar-refractivity contribution >= 4 is 17.4 Å². The summed E-state index contributed by atoms with van der Waals surface area (Å²) in [5.74, 6) is -0.280. The molecule has 0 radical (unpaired) electrons. The number of carbonyl (C=O) groups is 1. The van der Waals surface area contributed by atoms with Crippen LogP contribution in [0.5, 0.6) is 0 Å². The van der Waals surface area contributed by atoms with Gasteiger partial charge in [0.1, 0.15) is 17.5 Å². The fraction of sp³-hybridized carbons (Fsp3) is 0.348. The van der Waals surface area contributed by atoms with Crippen LogP contribution in [0.3, 0.4) is 0 Å². The number of hydrogen-bond donors (Lipinski definition) is 0. The molecule has 0 atom stereocenters. The number of ether oxygens (including phenoxy) is 1. The molecule has 31 heavy (non-hydrogen) atoms. The van der Waals surface area contributed by atoms with Crippen molar-refractivity contribution in [2.45, 2.75) is 39.5 Å². The Morgan fingerprint density at radius 1 is 1.16 bits per heavy atom. The SMILES string of the molecule is Cc1nn(C)c(C(OC(=O)C2CCCC2)=C(C#N)n2ccc(-c3ccccn3)n2)c1C. The topological polar surface area (TPSA) is 98.6 Å². The van der Waals surface area contributed by atoms with E-state index in [1.165, 1.54) is 4.68 Å². The van der Waals surface area contributed by atoms with E-state index in [0.717, 1.165) is 36.9 Å². The van der Waals surface area contributed by atoms with E-state index in [2.05, 4.69) is 21.3 Å². The van der Waals surface area contributed by atoms with E-state index in [-0.39, 0.29) is 23.3 Å². The molecule has 0 saturated heterocycles. The minimum absolute atomic E-state index is 0.125. The zero-order chi connectivity index (χ0) is 22.0. The van der Waals surface area contributed by atoms with Crippen LogP contribution in [-0.4, -0.2) is 30.5 Å². The Morgan fingerprint density at radius 2 is 1.94 bits per heavy atom. The first-order valence-corrected chi connectivity index (χ1v) is 10.3. The molecule has 1 aliphatic carbocycles. The number of nitrogens with zero attached hydrogens (tertiary/aromatic N) is 6. The molecule has 1 saturated carbocycles. The Morgan fingerprint density at radius 3 is 2.55 bits per heavy atom. The summed E-state index contributed by atoms with van der Waals surface area (Å²) in [6, 6.07) is 9.51. The molecule has 8 nitrogen and oxygen atoms in total. The predicted octanol–water partition coefficient (Wildman–Crippen LogP) is 3.88. The molecule has 3 heterocycles. The van der Waals surface area contributed by atoms with Crippen molar-refractivity contribution in [3.8, 4) is 17.5 Å². The first kappa shape index (κ1) is 20.5. The van der Waals surface area contributed by atoms with Gasteiger partial charge < -0.3 is 4.74 Å². The van der Waals surface area contributed by atoms with Crippen LogP contribution in [0.4, 0.5) is 0 Å². The van der Waals surface area contributed by atoms with Crippen molar-refractivity contribution in [1.82, 2.24) is 24.5 Å². The maximum atomic E-state index is 12.9. The van der Waals surface area contributed by atoms with Gasteiger partial charge in [0.05, 0.1) is 17.3 Å². The summed E-state index contributed by atoms with van der Waals surface area (Å²) in [5, 5.41) is 19.0. The molecule has 0 spiro atoms. The van der Waals surface area contributed by atoms with Crippen LogP contribution >= 0.6 is 0 Å². The lowest BCUT2D eigenvalue weighted by Crippen LogP contribution is -2.17. The fourth-order valence-corrected chi connectivity index (χ4v) is 3.94. The monoisotopic (exact) mass is 416 g/mol. The van der Waals surface area contributed by atoms with Crippen molar-refractivity contribution < 1.29 is 9.53 Å². The molecule has 0 unspecified atom stereocenters. The van der Waals surface area contributed by atoms with Crippen LogP contribution in [0.25, 0.3) is 22.8 Å². The first-order chi connectivity index (χ1) is 15.0. The van der Waals surface area contributed by atoms with Crippen LogP contribution in [-0.2, 0) is 16.6 Å². The third-order valence-corrected chi connectivity index (χ3v) is 5.69. The molecule has 4 rings (SSSR count). The van der Waals surface area contributed by atoms with Gasteiger partial charge in [-0.1, -0.05) is 18.9 Å². The highest BCUT2D eigenvalue weighted by Crippen LogP contribution is 2.32. The second-order valence-electron chi connectivity index (χ2n) is 7.74. The van der Waals surface area contributed by atoms with Crippen LogP contribution in [0, 0.1) is 31.1 Å². The van der Waals surface area contributed by atoms with E-state index < -0.39 is 0 Å². The summed E-state index contributed by atoms with van der Waals surface area (Å²) in [6.07, 6.45) is 7.00. The average Bonchev–Trinajstić information content (AvgIpc) is 3.51. The molecular weight excluding hydrogens is 392 g/mol. The summed E-state index contributed by atoms with van der Waals surface area (Å²) < 4.78 is 8.97. The van der Waals surface area contributed by atoms with Crippen LogP contribution in [0.15, 0.2) is 36.7 Å². The number of esters is 1. The van der Waals surface area contributed by atoms with E-state index in [1.807, 2.05) is 32.0 Å². The molecule has 158 valence electrons. The first-order valence-electron chi connectivity index (χ1n) is 10.3. The van der Waals surface area contributed by atoms with E-state index in [4.69, 9.17) is 4.74 Å². The van der Waals surface area contributed by atoms with Gasteiger partial charge in [-0.2, -0.15) is 15.5 Å². The molecule has 0 aromatic carbocycles. The lowest BCUT2D eigenvalue weighted by atomic mass is 10.1. The molecule has 0 bridgehead atoms. The number of pyridine rings is 1. The van der Waals surface area contributed by atoms with Gasteiger partial charge in [-0.05, 0) is 44.9 Å². The lowest BCUT2D eigenvalue weighted by molar-refractivity contribution is -0.141. The molecule has 0 N–H and O–H groups in total. The molecule has 0 aliphatic heterocycles. The van der Waals surface area contributed by atoms with Gasteiger partial charge in [0.25, 0.3) is 0 Å². The van der Waals surface area contributed by atoms with E-state index in [0.29, 0.717) is 17.1 Å². The summed E-state index contributed by atoms with van der Waals surface area (Å²) in [4.78, 5) is 17.2. The Bertz CT molecular complexity index is 1180. The van der Waals surface area contributed by atoms with Gasteiger partial charge in [0.2, 0.25) is 0 Å². The number of rotatable bonds is 5. The number of aromatic nitrogens is 5. The standard InChI is InChI=1S/C23H24N6O2/c1-15-16(2)26-28(3)21(15)22(31-23(30)17-8-4-5-9-17)20(14-24)29-13-11-19(27-29)18-10-6-7-12-25-18/h6-7,10-13,17H,4-5,8-9H2,1-3H3. The predicted molar refractivity (Wildman–Crippen MR) is 115 cm³/mol. The number of hydrogen-bond acceptors (Lipinski definition) is 6. The van der Waals surface area contributed by atoms with Crippen molar-refractivity contribution in [3.63, 3.8) is 0 Å². The minimum atomic E-state index is -0.310. The van der Waals surface area contributed by atoms with Gasteiger partial charge >= 0.3 is 5.97 Å². The maximum Gasteiger partial charge on any atom is 0.314 e. The van der Waals surface area contributed by atoms with Crippen molar-refractivity contribution in [2.75, 3.05) is 0 Å². The van der Waals surface area contributed by atoms with E-state index >= 15 is 0 Å². The molecule has 8 heteroatoms. The summed E-state index contributed by atoms with van der Waals surface area (Å²) in [5.41, 5.74) is 3.68. The Balaban J connectivity index is 1.82. The van der Waals surface area contributed by atoms with Crippen molar-refractivity contribution in [3.05, 3.63) is 53.6 Å². The van der Waals surface area contributed by atoms with Crippen molar-refractivity contribution in [2.24, 2.45) is 13.0 Å². The quantitative estimate of drug-likeness (QED) is 0.356. The lowest BCUT2D eigenvalue weighted by Gasteiger charge is -2.15. The molecule has 1 fully saturated rings. The highest BCUT2D eigenvalue weighted by atomic mass is 16.5. The van der Waals surface area contributed by atoms with Crippen LogP contribution in [0.1, 0.15) is 42.6 Å². The zero-order valence-corrected chi connectivity index (χ0v) is 17.9. The van der Waals surface area contributed by atoms with Gasteiger partial charge in [0, 0.05) is 25.0 Å². The number of aryl methyl sites for hydroxylation is 2. The van der Waals surface area contributed by atoms with Gasteiger partial charge in [-0.15, -0.1) is 0 Å². The van der Waals surface area contributed by atoms with E-state index in [9.17, 15) is 10.1 Å². The Labute approximate surface area is 180 Å². The Kier molecular flexibility index (Phi) is 5.67. The van der Waals surface area contributed by atoms with Gasteiger partial charge in [-0.25, -0.2) is 4.68 Å².